The Labute approximate surface area is 127 Å². The molecule has 2 rings (SSSR count). The molecule has 1 unspecified atom stereocenters. The van der Waals surface area contributed by atoms with Gasteiger partial charge in [0.1, 0.15) is 0 Å². The van der Waals surface area contributed by atoms with Crippen molar-refractivity contribution >= 4 is 33.0 Å². The van der Waals surface area contributed by atoms with Gasteiger partial charge in [-0.2, -0.15) is 0 Å². The molecule has 0 amide bonds. The van der Waals surface area contributed by atoms with E-state index in [1.165, 1.54) is 20.6 Å². The first-order chi connectivity index (χ1) is 9.04. The third-order valence-corrected chi connectivity index (χ3v) is 4.53. The van der Waals surface area contributed by atoms with Gasteiger partial charge in [0.15, 0.2) is 0 Å². The van der Waals surface area contributed by atoms with Crippen molar-refractivity contribution in [2.24, 2.45) is 5.73 Å². The summed E-state index contributed by atoms with van der Waals surface area (Å²) in [5.74, 6) is 0. The Morgan fingerprint density at radius 1 is 1.26 bits per heavy atom. The highest BCUT2D eigenvalue weighted by Gasteiger charge is 2.05. The van der Waals surface area contributed by atoms with E-state index < -0.39 is 0 Å². The number of benzene rings is 1. The molecule has 1 aromatic heterocycles. The molecule has 19 heavy (non-hydrogen) atoms. The number of hydrogen-bond acceptors (Lipinski definition) is 3. The number of hydrogen-bond donors (Lipinski definition) is 1. The Kier molecular flexibility index (Phi) is 5.02. The Morgan fingerprint density at radius 3 is 2.47 bits per heavy atom. The average Bonchev–Trinajstić information content (AvgIpc) is 2.75. The lowest BCUT2D eigenvalue weighted by molar-refractivity contribution is 0.738. The molecule has 0 fully saturated rings. The number of halogens is 1. The van der Waals surface area contributed by atoms with Crippen molar-refractivity contribution in [1.82, 2.24) is 0 Å². The van der Waals surface area contributed by atoms with Gasteiger partial charge in [-0.1, -0.05) is 12.1 Å². The van der Waals surface area contributed by atoms with E-state index in [1.54, 1.807) is 11.3 Å². The molecule has 102 valence electrons. The summed E-state index contributed by atoms with van der Waals surface area (Å²) >= 11 is 5.23. The predicted molar refractivity (Wildman–Crippen MR) is 87.9 cm³/mol. The molecule has 4 heteroatoms. The molecule has 0 saturated heterocycles. The van der Waals surface area contributed by atoms with Crippen molar-refractivity contribution in [2.75, 3.05) is 11.9 Å². The Hall–Kier alpha value is -0.840. The Morgan fingerprint density at radius 2 is 1.95 bits per heavy atom. The van der Waals surface area contributed by atoms with Crippen molar-refractivity contribution in [3.63, 3.8) is 0 Å². The zero-order chi connectivity index (χ0) is 13.8. The van der Waals surface area contributed by atoms with Gasteiger partial charge in [-0.3, -0.25) is 0 Å². The second kappa shape index (κ2) is 6.55. The Balaban J connectivity index is 2.01. The van der Waals surface area contributed by atoms with Crippen LogP contribution in [0.1, 0.15) is 18.1 Å². The van der Waals surface area contributed by atoms with Crippen LogP contribution in [0.15, 0.2) is 39.5 Å². The third-order valence-electron chi connectivity index (χ3n) is 2.98. The first-order valence-corrected chi connectivity index (χ1v) is 8.00. The third kappa shape index (κ3) is 4.34. The maximum Gasteiger partial charge on any atom is 0.0701 e. The summed E-state index contributed by atoms with van der Waals surface area (Å²) in [6.45, 7) is 2.96. The van der Waals surface area contributed by atoms with Gasteiger partial charge in [-0.25, -0.2) is 0 Å². The van der Waals surface area contributed by atoms with Crippen LogP contribution < -0.4 is 10.6 Å². The molecule has 2 N–H and O–H groups in total. The van der Waals surface area contributed by atoms with Gasteiger partial charge in [-0.05, 0) is 64.0 Å². The SMILES string of the molecule is CC(N)Cc1ccc(N(C)Cc2csc(Br)c2)cc1. The predicted octanol–water partition coefficient (Wildman–Crippen LogP) is 4.04. The molecule has 2 nitrogen and oxygen atoms in total. The largest absolute Gasteiger partial charge is 0.370 e. The Bertz CT molecular complexity index is 519. The van der Waals surface area contributed by atoms with Gasteiger partial charge >= 0.3 is 0 Å². The van der Waals surface area contributed by atoms with E-state index in [2.05, 4.69) is 63.6 Å². The maximum absolute atomic E-state index is 5.81. The van der Waals surface area contributed by atoms with E-state index >= 15 is 0 Å². The normalized spacial score (nSPS) is 12.4. The van der Waals surface area contributed by atoms with E-state index in [-0.39, 0.29) is 6.04 Å². The van der Waals surface area contributed by atoms with E-state index in [4.69, 9.17) is 5.73 Å². The molecule has 0 aliphatic heterocycles. The number of nitrogens with two attached hydrogens (primary N) is 1. The zero-order valence-electron chi connectivity index (χ0n) is 11.3. The van der Waals surface area contributed by atoms with Crippen LogP contribution in [-0.2, 0) is 13.0 Å². The van der Waals surface area contributed by atoms with Crippen LogP contribution in [0.4, 0.5) is 5.69 Å². The van der Waals surface area contributed by atoms with Crippen LogP contribution in [0, 0.1) is 0 Å². The molecule has 0 aliphatic carbocycles. The van der Waals surface area contributed by atoms with Crippen molar-refractivity contribution in [1.29, 1.82) is 0 Å². The van der Waals surface area contributed by atoms with Gasteiger partial charge < -0.3 is 10.6 Å². The maximum atomic E-state index is 5.81. The second-order valence-electron chi connectivity index (χ2n) is 4.96. The van der Waals surface area contributed by atoms with Crippen LogP contribution in [-0.4, -0.2) is 13.1 Å². The summed E-state index contributed by atoms with van der Waals surface area (Å²) in [7, 11) is 2.12. The molecule has 0 spiro atoms. The molecular formula is C15H19BrN2S. The van der Waals surface area contributed by atoms with Crippen LogP contribution in [0.3, 0.4) is 0 Å². The quantitative estimate of drug-likeness (QED) is 0.891. The lowest BCUT2D eigenvalue weighted by Gasteiger charge is -2.19. The van der Waals surface area contributed by atoms with Crippen LogP contribution >= 0.6 is 27.3 Å². The summed E-state index contributed by atoms with van der Waals surface area (Å²) in [5, 5.41) is 2.19. The fraction of sp³-hybridized carbons (Fsp3) is 0.333. The highest BCUT2D eigenvalue weighted by Crippen LogP contribution is 2.23. The molecule has 2 aromatic rings. The summed E-state index contributed by atoms with van der Waals surface area (Å²) in [4.78, 5) is 2.25. The molecule has 0 aliphatic rings. The lowest BCUT2D eigenvalue weighted by Crippen LogP contribution is -2.18. The first kappa shape index (κ1) is 14.6. The molecule has 0 radical (unpaired) electrons. The van der Waals surface area contributed by atoms with Gasteiger partial charge in [0.25, 0.3) is 0 Å². The first-order valence-electron chi connectivity index (χ1n) is 6.33. The summed E-state index contributed by atoms with van der Waals surface area (Å²) < 4.78 is 1.18. The average molecular weight is 339 g/mol. The molecule has 1 heterocycles. The highest BCUT2D eigenvalue weighted by molar-refractivity contribution is 9.11. The monoisotopic (exact) mass is 338 g/mol. The number of rotatable bonds is 5. The van der Waals surface area contributed by atoms with Crippen molar-refractivity contribution < 1.29 is 0 Å². The molecule has 1 atom stereocenters. The van der Waals surface area contributed by atoms with Crippen LogP contribution in [0.2, 0.25) is 0 Å². The summed E-state index contributed by atoms with van der Waals surface area (Å²) in [6.07, 6.45) is 0.932. The van der Waals surface area contributed by atoms with Gasteiger partial charge in [0.2, 0.25) is 0 Å². The smallest absolute Gasteiger partial charge is 0.0701 e. The highest BCUT2D eigenvalue weighted by atomic mass is 79.9. The fourth-order valence-corrected chi connectivity index (χ4v) is 3.25. The van der Waals surface area contributed by atoms with Crippen LogP contribution in [0.25, 0.3) is 0 Å². The minimum atomic E-state index is 0.215. The molecule has 0 bridgehead atoms. The standard InChI is InChI=1S/C15H19BrN2S/c1-11(17)7-12-3-5-14(6-4-12)18(2)9-13-8-15(16)19-10-13/h3-6,8,10-11H,7,9,17H2,1-2H3. The van der Waals surface area contributed by atoms with Crippen molar-refractivity contribution in [3.8, 4) is 0 Å². The minimum absolute atomic E-state index is 0.215. The number of nitrogens with zero attached hydrogens (tertiary/aromatic N) is 1. The number of thiophene rings is 1. The van der Waals surface area contributed by atoms with E-state index in [1.807, 2.05) is 6.92 Å². The van der Waals surface area contributed by atoms with E-state index in [0.29, 0.717) is 0 Å². The number of anilines is 1. The molecule has 0 saturated carbocycles. The van der Waals surface area contributed by atoms with Gasteiger partial charge in [-0.15, -0.1) is 11.3 Å². The lowest BCUT2D eigenvalue weighted by atomic mass is 10.1. The summed E-state index contributed by atoms with van der Waals surface area (Å²) in [6, 6.07) is 11.0. The van der Waals surface area contributed by atoms with Crippen molar-refractivity contribution in [3.05, 3.63) is 50.6 Å². The van der Waals surface area contributed by atoms with E-state index in [0.717, 1.165) is 13.0 Å². The second-order valence-corrected chi connectivity index (χ2v) is 7.25. The van der Waals surface area contributed by atoms with Gasteiger partial charge in [0.05, 0.1) is 3.79 Å². The molecular weight excluding hydrogens is 320 g/mol. The fourth-order valence-electron chi connectivity index (χ4n) is 2.05. The van der Waals surface area contributed by atoms with E-state index in [9.17, 15) is 0 Å². The van der Waals surface area contributed by atoms with Gasteiger partial charge in [0, 0.05) is 25.3 Å². The minimum Gasteiger partial charge on any atom is -0.370 e. The summed E-state index contributed by atoms with van der Waals surface area (Å²) in [5.41, 5.74) is 9.67. The van der Waals surface area contributed by atoms with Crippen LogP contribution in [0.5, 0.6) is 0 Å². The zero-order valence-corrected chi connectivity index (χ0v) is 13.7. The van der Waals surface area contributed by atoms with Crippen molar-refractivity contribution in [2.45, 2.75) is 25.9 Å². The molecule has 1 aromatic carbocycles. The topological polar surface area (TPSA) is 29.3 Å².